The number of ether oxygens (including phenoxy) is 2. The third kappa shape index (κ3) is 4.40. The van der Waals surface area contributed by atoms with Crippen LogP contribution in [0.5, 0.6) is 0 Å². The Morgan fingerprint density at radius 1 is 1.42 bits per heavy atom. The largest absolute Gasteiger partial charge is 0.459 e. The van der Waals surface area contributed by atoms with E-state index in [4.69, 9.17) is 9.47 Å². The number of aromatic nitrogens is 2. The number of aromatic amines is 1. The summed E-state index contributed by atoms with van der Waals surface area (Å²) in [6, 6.07) is 0. The molecule has 132 valence electrons. The van der Waals surface area contributed by atoms with E-state index in [0.29, 0.717) is 39.6 Å². The van der Waals surface area contributed by atoms with Crippen LogP contribution >= 0.6 is 11.3 Å². The van der Waals surface area contributed by atoms with Crippen LogP contribution in [0.1, 0.15) is 41.3 Å². The van der Waals surface area contributed by atoms with Gasteiger partial charge in [-0.1, -0.05) is 0 Å². The van der Waals surface area contributed by atoms with Crippen LogP contribution in [0.3, 0.4) is 0 Å². The zero-order valence-electron chi connectivity index (χ0n) is 14.4. The zero-order chi connectivity index (χ0) is 17.7. The van der Waals surface area contributed by atoms with Crippen LogP contribution in [0.4, 0.5) is 0 Å². The van der Waals surface area contributed by atoms with Crippen molar-refractivity contribution in [2.75, 3.05) is 20.3 Å². The Morgan fingerprint density at radius 3 is 2.83 bits per heavy atom. The first kappa shape index (κ1) is 18.6. The predicted octanol–water partition coefficient (Wildman–Crippen LogP) is 1.98. The van der Waals surface area contributed by atoms with E-state index in [-0.39, 0.29) is 11.7 Å². The van der Waals surface area contributed by atoms with Crippen molar-refractivity contribution in [3.8, 4) is 0 Å². The predicted molar refractivity (Wildman–Crippen MR) is 93.7 cm³/mol. The summed E-state index contributed by atoms with van der Waals surface area (Å²) in [5.41, 5.74) is 0.389. The highest BCUT2D eigenvalue weighted by atomic mass is 32.1. The molecule has 0 saturated carbocycles. The maximum atomic E-state index is 12.3. The summed E-state index contributed by atoms with van der Waals surface area (Å²) in [6.07, 6.45) is 0.673. The van der Waals surface area contributed by atoms with Crippen LogP contribution in [-0.2, 0) is 16.0 Å². The van der Waals surface area contributed by atoms with Crippen molar-refractivity contribution < 1.29 is 14.3 Å². The molecule has 2 N–H and O–H groups in total. The zero-order valence-corrected chi connectivity index (χ0v) is 15.2. The monoisotopic (exact) mass is 353 g/mol. The molecule has 7 nitrogen and oxygen atoms in total. The van der Waals surface area contributed by atoms with Crippen molar-refractivity contribution in [2.24, 2.45) is 0 Å². The molecule has 0 aromatic carbocycles. The number of rotatable bonds is 8. The second-order valence-electron chi connectivity index (χ2n) is 5.73. The van der Waals surface area contributed by atoms with Crippen molar-refractivity contribution in [3.05, 3.63) is 26.6 Å². The van der Waals surface area contributed by atoms with E-state index in [0.717, 1.165) is 13.0 Å². The maximum absolute atomic E-state index is 12.3. The second kappa shape index (κ2) is 8.36. The van der Waals surface area contributed by atoms with Gasteiger partial charge in [-0.25, -0.2) is 9.78 Å². The van der Waals surface area contributed by atoms with Crippen molar-refractivity contribution in [1.82, 2.24) is 15.3 Å². The molecular formula is C16H23N3O4S. The van der Waals surface area contributed by atoms with Gasteiger partial charge in [-0.3, -0.25) is 4.79 Å². The molecule has 2 aromatic rings. The molecule has 0 radical (unpaired) electrons. The Kier molecular flexibility index (Phi) is 6.47. The highest BCUT2D eigenvalue weighted by molar-refractivity contribution is 7.20. The smallest absolute Gasteiger partial charge is 0.348 e. The molecule has 0 bridgehead atoms. The summed E-state index contributed by atoms with van der Waals surface area (Å²) >= 11 is 1.20. The highest BCUT2D eigenvalue weighted by Crippen LogP contribution is 2.27. The summed E-state index contributed by atoms with van der Waals surface area (Å²) in [7, 11) is 1.66. The normalized spacial score (nSPS) is 11.4. The van der Waals surface area contributed by atoms with Gasteiger partial charge in [0.05, 0.1) is 18.0 Å². The molecule has 0 atom stereocenters. The number of aryl methyl sites for hydroxylation is 1. The van der Waals surface area contributed by atoms with Gasteiger partial charge >= 0.3 is 5.97 Å². The maximum Gasteiger partial charge on any atom is 0.348 e. The van der Waals surface area contributed by atoms with E-state index in [1.807, 2.05) is 0 Å². The fourth-order valence-corrected chi connectivity index (χ4v) is 3.37. The lowest BCUT2D eigenvalue weighted by Gasteiger charge is -2.06. The van der Waals surface area contributed by atoms with Gasteiger partial charge in [0.1, 0.15) is 15.5 Å². The number of hydrogen-bond donors (Lipinski definition) is 2. The number of fused-ring (bicyclic) bond motifs is 1. The second-order valence-corrected chi connectivity index (χ2v) is 6.73. The fourth-order valence-electron chi connectivity index (χ4n) is 2.28. The summed E-state index contributed by atoms with van der Waals surface area (Å²) in [4.78, 5) is 32.7. The first-order valence-electron chi connectivity index (χ1n) is 7.87. The third-order valence-corrected chi connectivity index (χ3v) is 4.54. The van der Waals surface area contributed by atoms with E-state index in [2.05, 4.69) is 15.3 Å². The molecule has 8 heteroatoms. The van der Waals surface area contributed by atoms with E-state index >= 15 is 0 Å². The van der Waals surface area contributed by atoms with E-state index < -0.39 is 5.97 Å². The van der Waals surface area contributed by atoms with Gasteiger partial charge in [-0.2, -0.15) is 0 Å². The SMILES string of the molecule is COCCCNCc1nc2sc(C(=O)OC(C)C)c(C)c2c(=O)[nH]1. The van der Waals surface area contributed by atoms with Gasteiger partial charge in [-0.05, 0) is 39.3 Å². The minimum Gasteiger partial charge on any atom is -0.459 e. The van der Waals surface area contributed by atoms with Crippen molar-refractivity contribution in [2.45, 2.75) is 39.8 Å². The van der Waals surface area contributed by atoms with E-state index in [1.165, 1.54) is 11.3 Å². The third-order valence-electron chi connectivity index (χ3n) is 3.37. The number of thiophene rings is 1. The number of carbonyl (C=O) groups is 1. The number of methoxy groups -OCH3 is 1. The molecule has 0 aliphatic carbocycles. The van der Waals surface area contributed by atoms with Gasteiger partial charge in [0, 0.05) is 13.7 Å². The molecule has 0 amide bonds. The van der Waals surface area contributed by atoms with Gasteiger partial charge < -0.3 is 19.8 Å². The first-order valence-corrected chi connectivity index (χ1v) is 8.68. The number of esters is 1. The van der Waals surface area contributed by atoms with Crippen molar-refractivity contribution in [1.29, 1.82) is 0 Å². The van der Waals surface area contributed by atoms with Crippen LogP contribution in [0, 0.1) is 6.92 Å². The molecule has 0 unspecified atom stereocenters. The molecule has 0 aliphatic rings. The lowest BCUT2D eigenvalue weighted by molar-refractivity contribution is 0.0383. The lowest BCUT2D eigenvalue weighted by Crippen LogP contribution is -2.21. The first-order chi connectivity index (χ1) is 11.4. The highest BCUT2D eigenvalue weighted by Gasteiger charge is 2.21. The van der Waals surface area contributed by atoms with E-state index in [1.54, 1.807) is 27.9 Å². The fraction of sp³-hybridized carbons (Fsp3) is 0.562. The Bertz CT molecular complexity index is 767. The topological polar surface area (TPSA) is 93.3 Å². The average molecular weight is 353 g/mol. The van der Waals surface area contributed by atoms with Crippen LogP contribution in [0.15, 0.2) is 4.79 Å². The minimum atomic E-state index is -0.413. The summed E-state index contributed by atoms with van der Waals surface area (Å²) in [5, 5.41) is 3.66. The molecule has 2 rings (SSSR count). The number of nitrogens with one attached hydrogen (secondary N) is 2. The van der Waals surface area contributed by atoms with Gasteiger partial charge in [0.15, 0.2) is 0 Å². The summed E-state index contributed by atoms with van der Waals surface area (Å²) in [5.74, 6) is 0.138. The van der Waals surface area contributed by atoms with Crippen molar-refractivity contribution >= 4 is 27.5 Å². The molecule has 0 fully saturated rings. The van der Waals surface area contributed by atoms with Crippen LogP contribution in [0.25, 0.3) is 10.2 Å². The quantitative estimate of drug-likeness (QED) is 0.557. The van der Waals surface area contributed by atoms with Gasteiger partial charge in [0.25, 0.3) is 5.56 Å². The number of carbonyl (C=O) groups excluding carboxylic acids is 1. The summed E-state index contributed by atoms with van der Waals surface area (Å²) in [6.45, 7) is 7.23. The minimum absolute atomic E-state index is 0.208. The van der Waals surface area contributed by atoms with Gasteiger partial charge in [0.2, 0.25) is 0 Å². The Labute approximate surface area is 144 Å². The number of H-pyrrole nitrogens is 1. The molecule has 0 aliphatic heterocycles. The van der Waals surface area contributed by atoms with Crippen LogP contribution in [0.2, 0.25) is 0 Å². The van der Waals surface area contributed by atoms with Crippen LogP contribution < -0.4 is 10.9 Å². The Balaban J connectivity index is 2.21. The lowest BCUT2D eigenvalue weighted by atomic mass is 10.2. The Morgan fingerprint density at radius 2 is 2.17 bits per heavy atom. The van der Waals surface area contributed by atoms with E-state index in [9.17, 15) is 9.59 Å². The molecule has 0 saturated heterocycles. The molecule has 0 spiro atoms. The summed E-state index contributed by atoms with van der Waals surface area (Å²) < 4.78 is 10.2. The standard InChI is InChI=1S/C16H23N3O4S/c1-9(2)23-16(21)13-10(3)12-14(20)18-11(19-15(12)24-13)8-17-6-5-7-22-4/h9,17H,5-8H2,1-4H3,(H,18,19,20). The average Bonchev–Trinajstić information content (AvgIpc) is 2.84. The van der Waals surface area contributed by atoms with Crippen LogP contribution in [-0.4, -0.2) is 42.3 Å². The molecule has 2 aromatic heterocycles. The van der Waals surface area contributed by atoms with Crippen molar-refractivity contribution in [3.63, 3.8) is 0 Å². The van der Waals surface area contributed by atoms with Gasteiger partial charge in [-0.15, -0.1) is 11.3 Å². The molecular weight excluding hydrogens is 330 g/mol. The molecule has 24 heavy (non-hydrogen) atoms. The Hall–Kier alpha value is -1.77. The molecule has 2 heterocycles. The number of nitrogens with zero attached hydrogens (tertiary/aromatic N) is 1. The number of hydrogen-bond acceptors (Lipinski definition) is 7.